The number of amides is 1. The molecule has 0 spiro atoms. The van der Waals surface area contributed by atoms with Gasteiger partial charge in [-0.25, -0.2) is 4.79 Å². The smallest absolute Gasteiger partial charge is 0.410 e. The van der Waals surface area contributed by atoms with Crippen LogP contribution in [-0.4, -0.2) is 45.2 Å². The molecular formula is C14H17BrN5O2+. The fourth-order valence-corrected chi connectivity index (χ4v) is 4.11. The average Bonchev–Trinajstić information content (AvgIpc) is 2.94. The van der Waals surface area contributed by atoms with Gasteiger partial charge in [0.25, 0.3) is 0 Å². The van der Waals surface area contributed by atoms with Crippen molar-refractivity contribution in [3.8, 4) is 0 Å². The number of ether oxygens (including phenoxy) is 1. The zero-order valence-electron chi connectivity index (χ0n) is 12.1. The summed E-state index contributed by atoms with van der Waals surface area (Å²) in [4.78, 5) is 22.6. The molecule has 2 N–H and O–H groups in total. The largest absolute Gasteiger partial charge is 0.444 e. The second-order valence-electron chi connectivity index (χ2n) is 6.09. The number of cyclic esters (lactones) is 1. The number of nitrogens with two attached hydrogens (primary N) is 1. The number of piperidine rings is 1. The third-order valence-electron chi connectivity index (χ3n) is 4.84. The van der Waals surface area contributed by atoms with Crippen molar-refractivity contribution in [2.24, 2.45) is 21.7 Å². The molecule has 4 aliphatic heterocycles. The number of halogens is 1. The minimum atomic E-state index is -0.223. The molecule has 0 aromatic carbocycles. The highest BCUT2D eigenvalue weighted by Gasteiger charge is 2.48. The fraction of sp³-hybridized carbons (Fsp3) is 0.500. The second-order valence-corrected chi connectivity index (χ2v) is 6.80. The van der Waals surface area contributed by atoms with Crippen molar-refractivity contribution in [1.29, 1.82) is 0 Å². The Labute approximate surface area is 136 Å². The Morgan fingerprint density at radius 2 is 2.32 bits per heavy atom. The Kier molecular flexibility index (Phi) is 3.04. The van der Waals surface area contributed by atoms with E-state index in [9.17, 15) is 4.79 Å². The number of hydrogen-bond acceptors (Lipinski definition) is 5. The van der Waals surface area contributed by atoms with E-state index in [1.54, 1.807) is 18.6 Å². The topological polar surface area (TPSA) is 80.3 Å². The molecule has 0 radical (unpaired) electrons. The quantitative estimate of drug-likeness (QED) is 0.436. The van der Waals surface area contributed by atoms with Gasteiger partial charge in [-0.3, -0.25) is 4.99 Å². The summed E-state index contributed by atoms with van der Waals surface area (Å²) in [7, 11) is 0. The lowest BCUT2D eigenvalue weighted by molar-refractivity contribution is -0.746. The summed E-state index contributed by atoms with van der Waals surface area (Å²) in [6, 6.07) is 0.181. The van der Waals surface area contributed by atoms with Crippen LogP contribution in [0.2, 0.25) is 0 Å². The van der Waals surface area contributed by atoms with E-state index in [4.69, 9.17) is 10.6 Å². The van der Waals surface area contributed by atoms with Crippen LogP contribution in [0.3, 0.4) is 0 Å². The van der Waals surface area contributed by atoms with Crippen LogP contribution in [0.4, 0.5) is 4.79 Å². The van der Waals surface area contributed by atoms with Crippen molar-refractivity contribution in [3.05, 3.63) is 23.8 Å². The molecule has 4 rings (SSSR count). The number of allylic oxidation sites excluding steroid dienone is 1. The summed E-state index contributed by atoms with van der Waals surface area (Å²) in [5.41, 5.74) is 1.77. The van der Waals surface area contributed by atoms with Gasteiger partial charge in [0.15, 0.2) is 0 Å². The van der Waals surface area contributed by atoms with Gasteiger partial charge < -0.3 is 9.64 Å². The van der Waals surface area contributed by atoms with E-state index in [1.807, 2.05) is 11.8 Å². The van der Waals surface area contributed by atoms with Crippen LogP contribution in [0.25, 0.3) is 0 Å². The SMILES string of the molecule is C[C@H]1OC(=O)N2C[C@H](C3=C4C=NC=C[N+]4(N)C(Br)=N3)CC[C@@H]12. The standard InChI is InChI=1S/C14H17BrN5O2/c1-8-10-3-2-9(7-19(10)14(21)22-8)12-11-6-17-4-5-20(11,16)13(15)18-12/h4-6,8-10H,2-3,7,16H2,1H3/q+1/t8-,9-,10+,20?/m1/s1. The van der Waals surface area contributed by atoms with Gasteiger partial charge in [-0.15, -0.1) is 4.59 Å². The summed E-state index contributed by atoms with van der Waals surface area (Å²) in [5, 5.41) is 0. The zero-order valence-corrected chi connectivity index (χ0v) is 13.7. The predicted octanol–water partition coefficient (Wildman–Crippen LogP) is 1.83. The maximum Gasteiger partial charge on any atom is 0.410 e. The Bertz CT molecular complexity index is 670. The molecule has 0 bridgehead atoms. The Morgan fingerprint density at radius 1 is 1.50 bits per heavy atom. The molecule has 7 nitrogen and oxygen atoms in total. The van der Waals surface area contributed by atoms with Gasteiger partial charge >= 0.3 is 10.8 Å². The van der Waals surface area contributed by atoms with E-state index in [1.165, 1.54) is 0 Å². The number of aliphatic imine (C=N–C) groups is 2. The normalized spacial score (nSPS) is 39.8. The van der Waals surface area contributed by atoms with E-state index in [0.29, 0.717) is 11.3 Å². The number of nitrogens with zero attached hydrogens (tertiary/aromatic N) is 4. The van der Waals surface area contributed by atoms with E-state index < -0.39 is 0 Å². The number of hydrogen-bond donors (Lipinski definition) is 1. The maximum atomic E-state index is 12.0. The van der Waals surface area contributed by atoms with Gasteiger partial charge in [0.1, 0.15) is 18.0 Å². The van der Waals surface area contributed by atoms with Gasteiger partial charge in [-0.2, -0.15) is 10.8 Å². The van der Waals surface area contributed by atoms with Crippen molar-refractivity contribution >= 4 is 33.0 Å². The lowest BCUT2D eigenvalue weighted by Gasteiger charge is -2.33. The highest BCUT2D eigenvalue weighted by atomic mass is 79.9. The first-order valence-electron chi connectivity index (χ1n) is 7.35. The van der Waals surface area contributed by atoms with Crippen LogP contribution in [-0.2, 0) is 4.74 Å². The number of carbonyl (C=O) groups excluding carboxylic acids is 1. The average molecular weight is 367 g/mol. The third-order valence-corrected chi connectivity index (χ3v) is 5.61. The Hall–Kier alpha value is -1.51. The lowest BCUT2D eigenvalue weighted by Crippen LogP contribution is -2.50. The van der Waals surface area contributed by atoms with Crippen molar-refractivity contribution in [1.82, 2.24) is 4.90 Å². The van der Waals surface area contributed by atoms with Crippen molar-refractivity contribution < 1.29 is 14.1 Å². The van der Waals surface area contributed by atoms with Gasteiger partial charge in [0.05, 0.1) is 18.5 Å². The summed E-state index contributed by atoms with van der Waals surface area (Å²) in [5.74, 6) is 6.53. The number of fused-ring (bicyclic) bond motifs is 2. The molecule has 8 heteroatoms. The third kappa shape index (κ3) is 1.84. The molecular weight excluding hydrogens is 350 g/mol. The van der Waals surface area contributed by atoms with Crippen LogP contribution >= 0.6 is 15.9 Å². The summed E-state index contributed by atoms with van der Waals surface area (Å²) in [6.45, 7) is 2.57. The summed E-state index contributed by atoms with van der Waals surface area (Å²) >= 11 is 3.46. The monoisotopic (exact) mass is 366 g/mol. The van der Waals surface area contributed by atoms with Crippen LogP contribution in [0.5, 0.6) is 0 Å². The van der Waals surface area contributed by atoms with Crippen LogP contribution in [0.1, 0.15) is 19.8 Å². The minimum Gasteiger partial charge on any atom is -0.444 e. The molecule has 116 valence electrons. The van der Waals surface area contributed by atoms with Gasteiger partial charge in [0, 0.05) is 28.4 Å². The van der Waals surface area contributed by atoms with Crippen molar-refractivity contribution in [3.63, 3.8) is 0 Å². The molecule has 4 aliphatic rings. The number of quaternary nitrogens is 1. The molecule has 4 heterocycles. The maximum absolute atomic E-state index is 12.0. The van der Waals surface area contributed by atoms with Crippen LogP contribution < -0.4 is 5.84 Å². The first-order chi connectivity index (χ1) is 10.5. The first-order valence-corrected chi connectivity index (χ1v) is 8.15. The molecule has 0 aromatic rings. The molecule has 0 aromatic heterocycles. The van der Waals surface area contributed by atoms with E-state index in [-0.39, 0.29) is 28.7 Å². The number of amidine groups is 1. The van der Waals surface area contributed by atoms with E-state index >= 15 is 0 Å². The first kappa shape index (κ1) is 14.1. The van der Waals surface area contributed by atoms with Gasteiger partial charge in [-0.05, 0) is 19.8 Å². The second kappa shape index (κ2) is 4.74. The van der Waals surface area contributed by atoms with Gasteiger partial charge in [-0.1, -0.05) is 0 Å². The van der Waals surface area contributed by atoms with Crippen molar-refractivity contribution in [2.75, 3.05) is 6.54 Å². The fourth-order valence-electron chi connectivity index (χ4n) is 3.61. The molecule has 4 atom stereocenters. The molecule has 0 saturated carbocycles. The Balaban J connectivity index is 1.66. The lowest BCUT2D eigenvalue weighted by atomic mass is 9.88. The highest BCUT2D eigenvalue weighted by molar-refractivity contribution is 9.18. The predicted molar refractivity (Wildman–Crippen MR) is 84.6 cm³/mol. The molecule has 2 fully saturated rings. The highest BCUT2D eigenvalue weighted by Crippen LogP contribution is 2.40. The Morgan fingerprint density at radius 3 is 3.14 bits per heavy atom. The van der Waals surface area contributed by atoms with Crippen LogP contribution in [0.15, 0.2) is 33.8 Å². The summed E-state index contributed by atoms with van der Waals surface area (Å²) < 4.78 is 5.98. The molecule has 0 aliphatic carbocycles. The molecule has 1 unspecified atom stereocenters. The van der Waals surface area contributed by atoms with E-state index in [2.05, 4.69) is 25.9 Å². The van der Waals surface area contributed by atoms with Crippen LogP contribution in [0, 0.1) is 5.92 Å². The molecule has 1 amide bonds. The van der Waals surface area contributed by atoms with Crippen molar-refractivity contribution in [2.45, 2.75) is 31.9 Å². The van der Waals surface area contributed by atoms with E-state index in [0.717, 1.165) is 24.2 Å². The summed E-state index contributed by atoms with van der Waals surface area (Å²) in [6.07, 6.45) is 6.83. The van der Waals surface area contributed by atoms with Gasteiger partial charge in [0.2, 0.25) is 5.70 Å². The number of rotatable bonds is 1. The molecule has 2 saturated heterocycles. The zero-order chi connectivity index (χ0) is 15.5. The number of carbonyl (C=O) groups is 1. The minimum absolute atomic E-state index is 0.0135. The molecule has 22 heavy (non-hydrogen) atoms.